The summed E-state index contributed by atoms with van der Waals surface area (Å²) in [5, 5.41) is 0.356. The lowest BCUT2D eigenvalue weighted by atomic mass is 9.96. The summed E-state index contributed by atoms with van der Waals surface area (Å²) in [5.41, 5.74) is 1.88. The minimum Gasteiger partial charge on any atom is -0.347 e. The Balaban J connectivity index is 1.72. The quantitative estimate of drug-likeness (QED) is 0.385. The van der Waals surface area contributed by atoms with E-state index in [0.29, 0.717) is 43.5 Å². The Kier molecular flexibility index (Phi) is 6.55. The predicted octanol–water partition coefficient (Wildman–Crippen LogP) is 6.65. The van der Waals surface area contributed by atoms with Crippen LogP contribution in [0, 0.1) is 5.41 Å². The van der Waals surface area contributed by atoms with Gasteiger partial charge in [0.15, 0.2) is 0 Å². The van der Waals surface area contributed by atoms with E-state index in [1.807, 2.05) is 18.3 Å². The van der Waals surface area contributed by atoms with E-state index in [4.69, 9.17) is 11.6 Å². The lowest BCUT2D eigenvalue weighted by Gasteiger charge is -2.20. The van der Waals surface area contributed by atoms with Gasteiger partial charge >= 0.3 is 6.18 Å². The van der Waals surface area contributed by atoms with Gasteiger partial charge in [-0.3, -0.25) is 0 Å². The molecule has 1 aliphatic rings. The predicted molar refractivity (Wildman–Crippen MR) is 130 cm³/mol. The van der Waals surface area contributed by atoms with Crippen LogP contribution in [0.1, 0.15) is 44.7 Å². The molecule has 0 radical (unpaired) electrons. The topological polar surface area (TPSA) is 51.1 Å². The number of fused-ring (bicyclic) bond motifs is 1. The van der Waals surface area contributed by atoms with Gasteiger partial charge in [0.25, 0.3) is 0 Å². The van der Waals surface area contributed by atoms with Gasteiger partial charge in [-0.2, -0.15) is 13.2 Å². The molecule has 1 heterocycles. The molecular weight excluding hydrogens is 485 g/mol. The zero-order chi connectivity index (χ0) is 24.9. The summed E-state index contributed by atoms with van der Waals surface area (Å²) in [5.74, 6) is 0. The van der Waals surface area contributed by atoms with E-state index < -0.39 is 21.8 Å². The molecule has 0 unspecified atom stereocenters. The molecule has 34 heavy (non-hydrogen) atoms. The van der Waals surface area contributed by atoms with Gasteiger partial charge in [0, 0.05) is 35.8 Å². The van der Waals surface area contributed by atoms with E-state index >= 15 is 0 Å². The van der Waals surface area contributed by atoms with Gasteiger partial charge in [0.2, 0.25) is 10.0 Å². The van der Waals surface area contributed by atoms with Gasteiger partial charge in [0.05, 0.1) is 15.8 Å². The maximum Gasteiger partial charge on any atom is 0.417 e. The van der Waals surface area contributed by atoms with Crippen molar-refractivity contribution < 1.29 is 21.6 Å². The molecule has 4 rings (SSSR count). The van der Waals surface area contributed by atoms with Gasteiger partial charge in [-0.25, -0.2) is 13.1 Å². The monoisotopic (exact) mass is 512 g/mol. The highest BCUT2D eigenvalue weighted by molar-refractivity contribution is 7.90. The van der Waals surface area contributed by atoms with Crippen molar-refractivity contribution in [2.45, 2.75) is 58.0 Å². The molecule has 3 aromatic rings. The minimum absolute atomic E-state index is 0.0410. The van der Waals surface area contributed by atoms with Gasteiger partial charge in [-0.1, -0.05) is 56.6 Å². The standard InChI is InChI=1S/C25H28ClF3N2O2S/c1-24(2,3)15-31-14-17(11-12-30-34(32,33)18-8-9-18)19-10-7-16(13-22(19)31)20-5-4-6-21(23(20)26)25(27,28)29/h4-7,10,13-14,18,30H,8-9,11-12,15H2,1-3H3. The molecule has 0 spiro atoms. The largest absolute Gasteiger partial charge is 0.417 e. The lowest BCUT2D eigenvalue weighted by molar-refractivity contribution is -0.137. The summed E-state index contributed by atoms with van der Waals surface area (Å²) in [4.78, 5) is 0. The zero-order valence-electron chi connectivity index (χ0n) is 19.3. The lowest BCUT2D eigenvalue weighted by Crippen LogP contribution is -2.29. The number of rotatable bonds is 7. The summed E-state index contributed by atoms with van der Waals surface area (Å²) in [6.07, 6.45) is -0.588. The molecule has 1 saturated carbocycles. The summed E-state index contributed by atoms with van der Waals surface area (Å²) in [7, 11) is -3.26. The maximum absolute atomic E-state index is 13.4. The van der Waals surface area contributed by atoms with Crippen molar-refractivity contribution in [2.75, 3.05) is 6.54 Å². The van der Waals surface area contributed by atoms with Crippen molar-refractivity contribution in [1.29, 1.82) is 0 Å². The molecular formula is C25H28ClF3N2O2S. The Morgan fingerprint density at radius 2 is 1.82 bits per heavy atom. The maximum atomic E-state index is 13.4. The van der Waals surface area contributed by atoms with E-state index in [-0.39, 0.29) is 15.7 Å². The smallest absolute Gasteiger partial charge is 0.347 e. The van der Waals surface area contributed by atoms with Crippen molar-refractivity contribution in [3.63, 3.8) is 0 Å². The summed E-state index contributed by atoms with van der Waals surface area (Å²) >= 11 is 6.18. The van der Waals surface area contributed by atoms with Crippen LogP contribution in [0.2, 0.25) is 5.02 Å². The SMILES string of the molecule is CC(C)(C)Cn1cc(CCNS(=O)(=O)C2CC2)c2ccc(-c3cccc(C(F)(F)F)c3Cl)cc21. The molecule has 0 amide bonds. The van der Waals surface area contributed by atoms with Gasteiger partial charge in [-0.15, -0.1) is 0 Å². The second kappa shape index (κ2) is 8.88. The van der Waals surface area contributed by atoms with E-state index in [9.17, 15) is 21.6 Å². The van der Waals surface area contributed by atoms with Crippen LogP contribution in [0.5, 0.6) is 0 Å². The Bertz CT molecular complexity index is 1320. The Labute approximate surface area is 203 Å². The molecule has 0 saturated heterocycles. The molecule has 2 aromatic carbocycles. The third-order valence-corrected chi connectivity index (χ3v) is 8.25. The van der Waals surface area contributed by atoms with E-state index in [0.717, 1.165) is 22.5 Å². The van der Waals surface area contributed by atoms with Crippen LogP contribution in [0.4, 0.5) is 13.2 Å². The van der Waals surface area contributed by atoms with Crippen LogP contribution in [0.25, 0.3) is 22.0 Å². The Morgan fingerprint density at radius 1 is 1.12 bits per heavy atom. The first-order valence-corrected chi connectivity index (χ1v) is 13.1. The molecule has 4 nitrogen and oxygen atoms in total. The molecule has 184 valence electrons. The van der Waals surface area contributed by atoms with Crippen LogP contribution in [-0.4, -0.2) is 24.8 Å². The van der Waals surface area contributed by atoms with Gasteiger partial charge < -0.3 is 4.57 Å². The highest BCUT2D eigenvalue weighted by Gasteiger charge is 2.35. The number of hydrogen-bond acceptors (Lipinski definition) is 2. The average molecular weight is 513 g/mol. The number of aromatic nitrogens is 1. The number of benzene rings is 2. The summed E-state index contributed by atoms with van der Waals surface area (Å²) in [6.45, 7) is 7.31. The normalized spacial score (nSPS) is 15.3. The van der Waals surface area contributed by atoms with Gasteiger partial charge in [-0.05, 0) is 47.9 Å². The van der Waals surface area contributed by atoms with Crippen LogP contribution >= 0.6 is 11.6 Å². The molecule has 0 aliphatic heterocycles. The fourth-order valence-electron chi connectivity index (χ4n) is 4.17. The van der Waals surface area contributed by atoms with Gasteiger partial charge in [0.1, 0.15) is 0 Å². The van der Waals surface area contributed by atoms with Crippen molar-refractivity contribution in [3.05, 3.63) is 58.7 Å². The summed E-state index contributed by atoms with van der Waals surface area (Å²) in [6, 6.07) is 9.44. The van der Waals surface area contributed by atoms with Crippen LogP contribution < -0.4 is 4.72 Å². The number of nitrogens with one attached hydrogen (secondary N) is 1. The summed E-state index contributed by atoms with van der Waals surface area (Å²) < 4.78 is 69.2. The number of nitrogens with zero attached hydrogens (tertiary/aromatic N) is 1. The molecule has 0 atom stereocenters. The first-order chi connectivity index (χ1) is 15.8. The molecule has 1 aromatic heterocycles. The molecule has 0 bridgehead atoms. The molecule has 1 aliphatic carbocycles. The fraction of sp³-hybridized carbons (Fsp3) is 0.440. The molecule has 1 N–H and O–H groups in total. The molecule has 9 heteroatoms. The van der Waals surface area contributed by atoms with Crippen molar-refractivity contribution >= 4 is 32.5 Å². The molecule has 1 fully saturated rings. The first kappa shape index (κ1) is 25.1. The average Bonchev–Trinajstić information content (AvgIpc) is 3.52. The van der Waals surface area contributed by atoms with Crippen LogP contribution in [0.3, 0.4) is 0 Å². The Hall–Kier alpha value is -2.03. The van der Waals surface area contributed by atoms with Crippen LogP contribution in [0.15, 0.2) is 42.6 Å². The number of sulfonamides is 1. The number of alkyl halides is 3. The Morgan fingerprint density at radius 3 is 2.44 bits per heavy atom. The minimum atomic E-state index is -4.54. The fourth-order valence-corrected chi connectivity index (χ4v) is 5.90. The number of hydrogen-bond donors (Lipinski definition) is 1. The van der Waals surface area contributed by atoms with Crippen molar-refractivity contribution in [2.24, 2.45) is 5.41 Å². The third kappa shape index (κ3) is 5.44. The van der Waals surface area contributed by atoms with E-state index in [1.54, 1.807) is 12.1 Å². The van der Waals surface area contributed by atoms with Crippen molar-refractivity contribution in [3.8, 4) is 11.1 Å². The highest BCUT2D eigenvalue weighted by atomic mass is 35.5. The van der Waals surface area contributed by atoms with E-state index in [2.05, 4.69) is 30.1 Å². The second-order valence-electron chi connectivity index (χ2n) is 10.1. The van der Waals surface area contributed by atoms with Crippen LogP contribution in [-0.2, 0) is 29.2 Å². The highest BCUT2D eigenvalue weighted by Crippen LogP contribution is 2.40. The first-order valence-electron chi connectivity index (χ1n) is 11.2. The number of halogens is 4. The zero-order valence-corrected chi connectivity index (χ0v) is 20.9. The second-order valence-corrected chi connectivity index (χ2v) is 12.6. The third-order valence-electron chi connectivity index (χ3n) is 5.89. The van der Waals surface area contributed by atoms with E-state index in [1.165, 1.54) is 6.07 Å². The van der Waals surface area contributed by atoms with Crippen molar-refractivity contribution in [1.82, 2.24) is 9.29 Å².